The van der Waals surface area contributed by atoms with Crippen molar-refractivity contribution in [2.75, 3.05) is 7.11 Å². The summed E-state index contributed by atoms with van der Waals surface area (Å²) in [6.07, 6.45) is 0. The predicted octanol–water partition coefficient (Wildman–Crippen LogP) is 2.03. The Balaban J connectivity index is 2.24. The lowest BCUT2D eigenvalue weighted by Gasteiger charge is -2.05. The molecule has 0 amide bonds. The van der Waals surface area contributed by atoms with Gasteiger partial charge < -0.3 is 14.8 Å². The summed E-state index contributed by atoms with van der Waals surface area (Å²) >= 11 is 0. The molecule has 6 nitrogen and oxygen atoms in total. The van der Waals surface area contributed by atoms with Crippen LogP contribution in [0.5, 0.6) is 5.75 Å². The van der Waals surface area contributed by atoms with Gasteiger partial charge in [0.1, 0.15) is 5.75 Å². The Kier molecular flexibility index (Phi) is 2.98. The van der Waals surface area contributed by atoms with E-state index in [1.54, 1.807) is 37.4 Å². The maximum absolute atomic E-state index is 12.1. The summed E-state index contributed by atoms with van der Waals surface area (Å²) in [5.41, 5.74) is 1.54. The number of aromatic nitrogens is 2. The fraction of sp³-hybridized carbons (Fsp3) is 0.0667. The quantitative estimate of drug-likeness (QED) is 0.770. The molecule has 0 aliphatic carbocycles. The second-order valence-electron chi connectivity index (χ2n) is 4.50. The topological polar surface area (TPSA) is 84.3 Å². The van der Waals surface area contributed by atoms with Crippen molar-refractivity contribution < 1.29 is 14.6 Å². The summed E-state index contributed by atoms with van der Waals surface area (Å²) in [4.78, 5) is 25.9. The molecule has 3 rings (SSSR count). The SMILES string of the molecule is COc1ccc(-n2c(=O)[nH]c3ccc(C(=O)O)cc32)cc1. The lowest BCUT2D eigenvalue weighted by molar-refractivity contribution is 0.0697. The highest BCUT2D eigenvalue weighted by Gasteiger charge is 2.11. The van der Waals surface area contributed by atoms with Gasteiger partial charge in [-0.2, -0.15) is 0 Å². The number of nitrogens with zero attached hydrogens (tertiary/aromatic N) is 1. The van der Waals surface area contributed by atoms with E-state index in [1.165, 1.54) is 16.7 Å². The number of fused-ring (bicyclic) bond motifs is 1. The van der Waals surface area contributed by atoms with Crippen molar-refractivity contribution in [3.8, 4) is 11.4 Å². The van der Waals surface area contributed by atoms with E-state index in [9.17, 15) is 9.59 Å². The molecule has 0 spiro atoms. The zero-order chi connectivity index (χ0) is 15.0. The van der Waals surface area contributed by atoms with Crippen LogP contribution in [0.4, 0.5) is 0 Å². The minimum atomic E-state index is -1.04. The first kappa shape index (κ1) is 13.0. The van der Waals surface area contributed by atoms with Crippen LogP contribution in [0, 0.1) is 0 Å². The van der Waals surface area contributed by atoms with Crippen LogP contribution in [0.1, 0.15) is 10.4 Å². The average molecular weight is 284 g/mol. The van der Waals surface area contributed by atoms with Crippen LogP contribution in [0.15, 0.2) is 47.3 Å². The molecule has 0 saturated carbocycles. The number of H-pyrrole nitrogens is 1. The van der Waals surface area contributed by atoms with Crippen molar-refractivity contribution in [1.82, 2.24) is 9.55 Å². The van der Waals surface area contributed by atoms with Crippen LogP contribution in [0.25, 0.3) is 16.7 Å². The Morgan fingerprint density at radius 3 is 2.52 bits per heavy atom. The lowest BCUT2D eigenvalue weighted by Crippen LogP contribution is -2.14. The summed E-state index contributed by atoms with van der Waals surface area (Å²) in [6, 6.07) is 11.5. The number of methoxy groups -OCH3 is 1. The molecule has 0 fully saturated rings. The second-order valence-corrected chi connectivity index (χ2v) is 4.50. The van der Waals surface area contributed by atoms with E-state index < -0.39 is 5.97 Å². The van der Waals surface area contributed by atoms with Gasteiger partial charge in [-0.1, -0.05) is 0 Å². The molecule has 1 heterocycles. The molecule has 6 heteroatoms. The average Bonchev–Trinajstić information content (AvgIpc) is 2.82. The van der Waals surface area contributed by atoms with Gasteiger partial charge in [0.15, 0.2) is 0 Å². The largest absolute Gasteiger partial charge is 0.497 e. The van der Waals surface area contributed by atoms with E-state index >= 15 is 0 Å². The molecular weight excluding hydrogens is 272 g/mol. The number of hydrogen-bond acceptors (Lipinski definition) is 3. The smallest absolute Gasteiger partial charge is 0.335 e. The summed E-state index contributed by atoms with van der Waals surface area (Å²) in [5.74, 6) is -0.357. The van der Waals surface area contributed by atoms with Gasteiger partial charge >= 0.3 is 11.7 Å². The third-order valence-electron chi connectivity index (χ3n) is 3.26. The zero-order valence-corrected chi connectivity index (χ0v) is 11.2. The first-order valence-electron chi connectivity index (χ1n) is 6.22. The van der Waals surface area contributed by atoms with Gasteiger partial charge in [-0.25, -0.2) is 9.59 Å². The first-order valence-corrected chi connectivity index (χ1v) is 6.22. The molecule has 3 aromatic rings. The first-order chi connectivity index (χ1) is 10.1. The zero-order valence-electron chi connectivity index (χ0n) is 11.2. The second kappa shape index (κ2) is 4.82. The Bertz CT molecular complexity index is 875. The van der Waals surface area contributed by atoms with Crippen LogP contribution in [-0.4, -0.2) is 27.7 Å². The number of imidazole rings is 1. The van der Waals surface area contributed by atoms with Crippen LogP contribution < -0.4 is 10.4 Å². The van der Waals surface area contributed by atoms with Crippen LogP contribution in [-0.2, 0) is 0 Å². The molecule has 0 radical (unpaired) electrons. The van der Waals surface area contributed by atoms with Gasteiger partial charge in [0.25, 0.3) is 0 Å². The van der Waals surface area contributed by atoms with E-state index in [4.69, 9.17) is 9.84 Å². The molecule has 0 atom stereocenters. The number of carbonyl (C=O) groups is 1. The number of carboxylic acid groups (broad SMARTS) is 1. The number of nitrogens with one attached hydrogen (secondary N) is 1. The number of aromatic amines is 1. The van der Waals surface area contributed by atoms with Crippen LogP contribution in [0.2, 0.25) is 0 Å². The summed E-state index contributed by atoms with van der Waals surface area (Å²) < 4.78 is 6.51. The van der Waals surface area contributed by atoms with Gasteiger partial charge in [-0.3, -0.25) is 4.57 Å². The number of rotatable bonds is 3. The number of ether oxygens (including phenoxy) is 1. The van der Waals surface area contributed by atoms with Gasteiger partial charge in [0, 0.05) is 0 Å². The van der Waals surface area contributed by atoms with Gasteiger partial charge in [0.05, 0.1) is 29.4 Å². The molecule has 0 saturated heterocycles. The predicted molar refractivity (Wildman–Crippen MR) is 77.4 cm³/mol. The molecule has 0 bridgehead atoms. The van der Waals surface area contributed by atoms with Crippen molar-refractivity contribution in [1.29, 1.82) is 0 Å². The molecule has 2 aromatic carbocycles. The van der Waals surface area contributed by atoms with Crippen LogP contribution in [0.3, 0.4) is 0 Å². The molecule has 21 heavy (non-hydrogen) atoms. The number of hydrogen-bond donors (Lipinski definition) is 2. The molecule has 0 aliphatic heterocycles. The highest BCUT2D eigenvalue weighted by atomic mass is 16.5. The Morgan fingerprint density at radius 1 is 1.19 bits per heavy atom. The Morgan fingerprint density at radius 2 is 1.90 bits per heavy atom. The molecule has 0 unspecified atom stereocenters. The number of carboxylic acids is 1. The summed E-state index contributed by atoms with van der Waals surface area (Å²) in [7, 11) is 1.56. The molecule has 0 aliphatic rings. The molecule has 106 valence electrons. The summed E-state index contributed by atoms with van der Waals surface area (Å²) in [6.45, 7) is 0. The molecule has 1 aromatic heterocycles. The lowest BCUT2D eigenvalue weighted by atomic mass is 10.2. The third-order valence-corrected chi connectivity index (χ3v) is 3.26. The van der Waals surface area contributed by atoms with E-state index in [0.717, 1.165) is 0 Å². The highest BCUT2D eigenvalue weighted by molar-refractivity contribution is 5.92. The fourth-order valence-corrected chi connectivity index (χ4v) is 2.22. The maximum Gasteiger partial charge on any atom is 0.335 e. The Labute approximate surface area is 119 Å². The van der Waals surface area contributed by atoms with E-state index in [1.807, 2.05) is 0 Å². The van der Waals surface area contributed by atoms with E-state index in [0.29, 0.717) is 22.5 Å². The van der Waals surface area contributed by atoms with Crippen molar-refractivity contribution >= 4 is 17.0 Å². The highest BCUT2D eigenvalue weighted by Crippen LogP contribution is 2.19. The summed E-state index contributed by atoms with van der Waals surface area (Å²) in [5, 5.41) is 9.07. The third kappa shape index (κ3) is 2.16. The van der Waals surface area contributed by atoms with Crippen molar-refractivity contribution in [2.45, 2.75) is 0 Å². The Hall–Kier alpha value is -3.02. The maximum atomic E-state index is 12.1. The standard InChI is InChI=1S/C15H12N2O4/c1-21-11-5-3-10(4-6-11)17-13-8-9(14(18)19)2-7-12(13)16-15(17)20/h2-8H,1H3,(H,16,20)(H,18,19). The van der Waals surface area contributed by atoms with E-state index in [2.05, 4.69) is 4.98 Å². The van der Waals surface area contributed by atoms with Gasteiger partial charge in [-0.15, -0.1) is 0 Å². The van der Waals surface area contributed by atoms with Crippen LogP contribution >= 0.6 is 0 Å². The molecule has 2 N–H and O–H groups in total. The monoisotopic (exact) mass is 284 g/mol. The van der Waals surface area contributed by atoms with Gasteiger partial charge in [0.2, 0.25) is 0 Å². The minimum Gasteiger partial charge on any atom is -0.497 e. The van der Waals surface area contributed by atoms with Crippen molar-refractivity contribution in [2.24, 2.45) is 0 Å². The number of benzene rings is 2. The van der Waals surface area contributed by atoms with E-state index in [-0.39, 0.29) is 11.3 Å². The van der Waals surface area contributed by atoms with Crippen molar-refractivity contribution in [3.05, 3.63) is 58.5 Å². The molecular formula is C15H12N2O4. The fourth-order valence-electron chi connectivity index (χ4n) is 2.22. The minimum absolute atomic E-state index is 0.128. The van der Waals surface area contributed by atoms with Gasteiger partial charge in [-0.05, 0) is 42.5 Å². The normalized spacial score (nSPS) is 10.7. The van der Waals surface area contributed by atoms with Crippen molar-refractivity contribution in [3.63, 3.8) is 0 Å². The number of aromatic carboxylic acids is 1.